The molecule has 0 bridgehead atoms. The van der Waals surface area contributed by atoms with Crippen LogP contribution in [-0.4, -0.2) is 60.9 Å². The number of aliphatic imine (C=N–C) groups is 1. The fourth-order valence-electron chi connectivity index (χ4n) is 3.53. The molecular weight excluding hydrogens is 439 g/mol. The molecule has 144 valence electrons. The van der Waals surface area contributed by atoms with Gasteiger partial charge >= 0.3 is 0 Å². The van der Waals surface area contributed by atoms with Crippen molar-refractivity contribution in [1.29, 1.82) is 0 Å². The lowest BCUT2D eigenvalue weighted by Gasteiger charge is -2.37. The highest BCUT2D eigenvalue weighted by atomic mass is 127. The molecule has 1 amide bonds. The fraction of sp³-hybridized carbons (Fsp3) is 0.600. The number of carbonyl (C=O) groups excluding carboxylic acids is 1. The van der Waals surface area contributed by atoms with Crippen LogP contribution in [0.2, 0.25) is 0 Å². The second-order valence-corrected chi connectivity index (χ2v) is 7.45. The van der Waals surface area contributed by atoms with Gasteiger partial charge < -0.3 is 15.1 Å². The van der Waals surface area contributed by atoms with Gasteiger partial charge in [0, 0.05) is 45.2 Å². The van der Waals surface area contributed by atoms with Gasteiger partial charge in [0.1, 0.15) is 0 Å². The third-order valence-electron chi connectivity index (χ3n) is 5.17. The summed E-state index contributed by atoms with van der Waals surface area (Å²) in [6.45, 7) is 7.22. The first-order valence-electron chi connectivity index (χ1n) is 9.39. The third-order valence-corrected chi connectivity index (χ3v) is 5.17. The standard InChI is InChI=1S/C20H30N4O.HI/c1-15(2)19(25)23-9-11-24(12-10-23)20(21-3)22-18-14-17(18)13-16-7-5-4-6-8-16;/h4-8,15,17-18H,9-14H2,1-3H3,(H,21,22);1H. The van der Waals surface area contributed by atoms with E-state index in [4.69, 9.17) is 0 Å². The van der Waals surface area contributed by atoms with Gasteiger partial charge in [0.15, 0.2) is 5.96 Å². The topological polar surface area (TPSA) is 47.9 Å². The Bertz CT molecular complexity index is 611. The van der Waals surface area contributed by atoms with Crippen molar-refractivity contribution in [1.82, 2.24) is 15.1 Å². The normalized spacial score (nSPS) is 22.8. The van der Waals surface area contributed by atoms with E-state index in [1.54, 1.807) is 0 Å². The van der Waals surface area contributed by atoms with Gasteiger partial charge in [0.2, 0.25) is 5.91 Å². The molecular formula is C20H31IN4O. The van der Waals surface area contributed by atoms with Crippen LogP contribution >= 0.6 is 24.0 Å². The molecule has 0 aromatic heterocycles. The Morgan fingerprint density at radius 2 is 1.77 bits per heavy atom. The van der Waals surface area contributed by atoms with Crippen LogP contribution in [0.1, 0.15) is 25.8 Å². The SMILES string of the molecule is CN=C(NC1CC1Cc1ccccc1)N1CCN(C(=O)C(C)C)CC1.I. The number of halogens is 1. The largest absolute Gasteiger partial charge is 0.353 e. The molecule has 0 radical (unpaired) electrons. The molecule has 26 heavy (non-hydrogen) atoms. The third kappa shape index (κ3) is 5.34. The summed E-state index contributed by atoms with van der Waals surface area (Å²) in [5, 5.41) is 3.62. The van der Waals surface area contributed by atoms with Crippen LogP contribution in [-0.2, 0) is 11.2 Å². The van der Waals surface area contributed by atoms with Gasteiger partial charge in [-0.25, -0.2) is 0 Å². The summed E-state index contributed by atoms with van der Waals surface area (Å²) in [4.78, 5) is 20.8. The van der Waals surface area contributed by atoms with Crippen molar-refractivity contribution in [3.05, 3.63) is 35.9 Å². The zero-order chi connectivity index (χ0) is 17.8. The smallest absolute Gasteiger partial charge is 0.225 e. The molecule has 2 fully saturated rings. The van der Waals surface area contributed by atoms with Crippen LogP contribution in [0.4, 0.5) is 0 Å². The van der Waals surface area contributed by atoms with Gasteiger partial charge in [-0.1, -0.05) is 44.2 Å². The van der Waals surface area contributed by atoms with E-state index in [1.165, 1.54) is 12.0 Å². The predicted octanol–water partition coefficient (Wildman–Crippen LogP) is 2.61. The highest BCUT2D eigenvalue weighted by Gasteiger charge is 2.38. The first-order chi connectivity index (χ1) is 12.1. The molecule has 1 aromatic rings. The predicted molar refractivity (Wildman–Crippen MR) is 117 cm³/mol. The number of hydrogen-bond acceptors (Lipinski definition) is 2. The molecule has 2 atom stereocenters. The number of piperazine rings is 1. The Morgan fingerprint density at radius 1 is 1.15 bits per heavy atom. The van der Waals surface area contributed by atoms with Crippen molar-refractivity contribution >= 4 is 35.8 Å². The van der Waals surface area contributed by atoms with Gasteiger partial charge in [-0.2, -0.15) is 0 Å². The molecule has 1 aliphatic heterocycles. The maximum atomic E-state index is 12.1. The number of nitrogens with one attached hydrogen (secondary N) is 1. The van der Waals surface area contributed by atoms with Gasteiger partial charge in [-0.3, -0.25) is 9.79 Å². The van der Waals surface area contributed by atoms with E-state index in [2.05, 4.69) is 45.5 Å². The summed E-state index contributed by atoms with van der Waals surface area (Å²) in [6, 6.07) is 11.2. The van der Waals surface area contributed by atoms with Crippen LogP contribution in [0.25, 0.3) is 0 Å². The maximum absolute atomic E-state index is 12.1. The lowest BCUT2D eigenvalue weighted by molar-refractivity contribution is -0.135. The van der Waals surface area contributed by atoms with Gasteiger partial charge in [-0.05, 0) is 24.3 Å². The number of rotatable bonds is 4. The Balaban J connectivity index is 0.00000243. The second-order valence-electron chi connectivity index (χ2n) is 7.45. The minimum Gasteiger partial charge on any atom is -0.353 e. The number of amides is 1. The van der Waals surface area contributed by atoms with Gasteiger partial charge in [0.25, 0.3) is 0 Å². The fourth-order valence-corrected chi connectivity index (χ4v) is 3.53. The van der Waals surface area contributed by atoms with E-state index < -0.39 is 0 Å². The van der Waals surface area contributed by atoms with Crippen molar-refractivity contribution in [2.45, 2.75) is 32.7 Å². The van der Waals surface area contributed by atoms with Crippen LogP contribution in [0, 0.1) is 11.8 Å². The summed E-state index contributed by atoms with van der Waals surface area (Å²) in [7, 11) is 1.85. The van der Waals surface area contributed by atoms with Crippen LogP contribution in [0.3, 0.4) is 0 Å². The van der Waals surface area contributed by atoms with Gasteiger partial charge in [-0.15, -0.1) is 24.0 Å². The van der Waals surface area contributed by atoms with Crippen LogP contribution in [0.15, 0.2) is 35.3 Å². The molecule has 0 spiro atoms. The average molecular weight is 470 g/mol. The highest BCUT2D eigenvalue weighted by Crippen LogP contribution is 2.33. The van der Waals surface area contributed by atoms with Gasteiger partial charge in [0.05, 0.1) is 0 Å². The summed E-state index contributed by atoms with van der Waals surface area (Å²) in [6.07, 6.45) is 2.34. The molecule has 1 saturated heterocycles. The number of guanidine groups is 1. The molecule has 1 aliphatic carbocycles. The molecule has 3 rings (SSSR count). The molecule has 1 N–H and O–H groups in total. The number of benzene rings is 1. The number of carbonyl (C=O) groups is 1. The van der Waals surface area contributed by atoms with Crippen molar-refractivity contribution in [2.24, 2.45) is 16.8 Å². The van der Waals surface area contributed by atoms with E-state index in [1.807, 2.05) is 25.8 Å². The Morgan fingerprint density at radius 3 is 2.35 bits per heavy atom. The zero-order valence-electron chi connectivity index (χ0n) is 16.0. The van der Waals surface area contributed by atoms with Crippen molar-refractivity contribution in [2.75, 3.05) is 33.2 Å². The summed E-state index contributed by atoms with van der Waals surface area (Å²) < 4.78 is 0. The first-order valence-corrected chi connectivity index (χ1v) is 9.39. The molecule has 2 unspecified atom stereocenters. The summed E-state index contributed by atoms with van der Waals surface area (Å²) in [5.74, 6) is 2.02. The summed E-state index contributed by atoms with van der Waals surface area (Å²) in [5.41, 5.74) is 1.41. The number of nitrogens with zero attached hydrogens (tertiary/aromatic N) is 3. The average Bonchev–Trinajstić information content (AvgIpc) is 3.37. The van der Waals surface area contributed by atoms with E-state index in [9.17, 15) is 4.79 Å². The van der Waals surface area contributed by atoms with E-state index in [-0.39, 0.29) is 35.8 Å². The van der Waals surface area contributed by atoms with E-state index >= 15 is 0 Å². The summed E-state index contributed by atoms with van der Waals surface area (Å²) >= 11 is 0. The zero-order valence-corrected chi connectivity index (χ0v) is 18.3. The van der Waals surface area contributed by atoms with Crippen LogP contribution < -0.4 is 5.32 Å². The quantitative estimate of drug-likeness (QED) is 0.418. The Labute approximate surface area is 174 Å². The maximum Gasteiger partial charge on any atom is 0.225 e. The van der Waals surface area contributed by atoms with Crippen molar-refractivity contribution in [3.63, 3.8) is 0 Å². The lowest BCUT2D eigenvalue weighted by Crippen LogP contribution is -2.54. The van der Waals surface area contributed by atoms with Crippen molar-refractivity contribution < 1.29 is 4.79 Å². The van der Waals surface area contributed by atoms with Crippen molar-refractivity contribution in [3.8, 4) is 0 Å². The monoisotopic (exact) mass is 470 g/mol. The van der Waals surface area contributed by atoms with E-state index in [0.29, 0.717) is 12.0 Å². The van der Waals surface area contributed by atoms with Crippen LogP contribution in [0.5, 0.6) is 0 Å². The minimum absolute atomic E-state index is 0. The molecule has 5 nitrogen and oxygen atoms in total. The van der Waals surface area contributed by atoms with E-state index in [0.717, 1.165) is 38.6 Å². The first kappa shape index (κ1) is 21.0. The Hall–Kier alpha value is -1.31. The molecule has 1 aromatic carbocycles. The molecule has 6 heteroatoms. The molecule has 1 heterocycles. The highest BCUT2D eigenvalue weighted by molar-refractivity contribution is 14.0. The minimum atomic E-state index is 0. The molecule has 1 saturated carbocycles. The lowest BCUT2D eigenvalue weighted by atomic mass is 10.1. The number of hydrogen-bond donors (Lipinski definition) is 1. The Kier molecular flexibility index (Phi) is 7.73. The second kappa shape index (κ2) is 9.58. The molecule has 2 aliphatic rings.